The lowest BCUT2D eigenvalue weighted by Crippen LogP contribution is -2.18. The molecule has 200 valence electrons. The average Bonchev–Trinajstić information content (AvgIpc) is 2.81. The van der Waals surface area contributed by atoms with Crippen LogP contribution in [0.3, 0.4) is 0 Å². The van der Waals surface area contributed by atoms with E-state index in [4.69, 9.17) is 9.84 Å². The van der Waals surface area contributed by atoms with E-state index in [1.807, 2.05) is 0 Å². The van der Waals surface area contributed by atoms with E-state index in [1.54, 1.807) is 0 Å². The summed E-state index contributed by atoms with van der Waals surface area (Å²) in [5.41, 5.74) is 0. The molecule has 0 bridgehead atoms. The van der Waals surface area contributed by atoms with Gasteiger partial charge in [-0.1, -0.05) is 103 Å². The van der Waals surface area contributed by atoms with Gasteiger partial charge in [0.25, 0.3) is 0 Å². The molecule has 1 unspecified atom stereocenters. The lowest BCUT2D eigenvalue weighted by Gasteiger charge is -2.18. The molecule has 0 fully saturated rings. The SMILES string of the molecule is CCCC/C=C\CCCCCCCC(=O)OC(CCCCCCCCCC)CCCCC(=O)O. The standard InChI is InChI=1S/C30H56O4/c1-3-5-7-9-11-13-14-15-17-19-21-27-30(33)34-28(25-22-23-26-29(31)32)24-20-18-16-12-10-8-6-4-2/h9,11,28H,3-8,10,12-27H2,1-2H3,(H,31,32)/b11-9-. The van der Waals surface area contributed by atoms with E-state index >= 15 is 0 Å². The van der Waals surface area contributed by atoms with Crippen molar-refractivity contribution in [3.05, 3.63) is 12.2 Å². The van der Waals surface area contributed by atoms with Crippen molar-refractivity contribution in [1.82, 2.24) is 0 Å². The molecule has 4 nitrogen and oxygen atoms in total. The number of hydrogen-bond acceptors (Lipinski definition) is 3. The summed E-state index contributed by atoms with van der Waals surface area (Å²) in [7, 11) is 0. The Morgan fingerprint density at radius 2 is 1.09 bits per heavy atom. The van der Waals surface area contributed by atoms with Crippen LogP contribution in [0.5, 0.6) is 0 Å². The highest BCUT2D eigenvalue weighted by molar-refractivity contribution is 5.69. The zero-order valence-corrected chi connectivity index (χ0v) is 22.7. The smallest absolute Gasteiger partial charge is 0.306 e. The van der Waals surface area contributed by atoms with Crippen LogP contribution in [0.15, 0.2) is 12.2 Å². The Morgan fingerprint density at radius 3 is 1.71 bits per heavy atom. The van der Waals surface area contributed by atoms with Crippen molar-refractivity contribution in [2.75, 3.05) is 0 Å². The Kier molecular flexibility index (Phi) is 25.3. The fraction of sp³-hybridized carbons (Fsp3) is 0.867. The number of aliphatic carboxylic acids is 1. The summed E-state index contributed by atoms with van der Waals surface area (Å²) in [5, 5.41) is 8.85. The quantitative estimate of drug-likeness (QED) is 0.0760. The van der Waals surface area contributed by atoms with Gasteiger partial charge < -0.3 is 9.84 Å². The molecule has 1 N–H and O–H groups in total. The Bertz CT molecular complexity index is 486. The molecule has 0 spiro atoms. The minimum Gasteiger partial charge on any atom is -0.481 e. The van der Waals surface area contributed by atoms with Crippen molar-refractivity contribution in [3.8, 4) is 0 Å². The molecule has 4 heteroatoms. The molecule has 0 aromatic heterocycles. The summed E-state index contributed by atoms with van der Waals surface area (Å²) < 4.78 is 5.81. The van der Waals surface area contributed by atoms with Crippen molar-refractivity contribution in [1.29, 1.82) is 0 Å². The fourth-order valence-electron chi connectivity index (χ4n) is 4.28. The predicted molar refractivity (Wildman–Crippen MR) is 144 cm³/mol. The maximum absolute atomic E-state index is 12.4. The Labute approximate surface area is 211 Å². The first-order chi connectivity index (χ1) is 16.6. The van der Waals surface area contributed by atoms with Gasteiger partial charge in [0, 0.05) is 12.8 Å². The first kappa shape index (κ1) is 32.7. The van der Waals surface area contributed by atoms with Crippen molar-refractivity contribution < 1.29 is 19.4 Å². The van der Waals surface area contributed by atoms with Gasteiger partial charge in [0.1, 0.15) is 6.10 Å². The van der Waals surface area contributed by atoms with Crippen LogP contribution in [0.4, 0.5) is 0 Å². The number of hydrogen-bond donors (Lipinski definition) is 1. The van der Waals surface area contributed by atoms with Crippen LogP contribution >= 0.6 is 0 Å². The second-order valence-electron chi connectivity index (χ2n) is 9.94. The second-order valence-corrected chi connectivity index (χ2v) is 9.94. The third-order valence-electron chi connectivity index (χ3n) is 6.49. The van der Waals surface area contributed by atoms with E-state index in [0.29, 0.717) is 12.8 Å². The molecule has 0 aromatic rings. The minimum absolute atomic E-state index is 0.0409. The van der Waals surface area contributed by atoms with Gasteiger partial charge >= 0.3 is 11.9 Å². The first-order valence-electron chi connectivity index (χ1n) is 14.7. The molecule has 0 heterocycles. The molecule has 0 saturated heterocycles. The van der Waals surface area contributed by atoms with Crippen LogP contribution in [0.2, 0.25) is 0 Å². The zero-order valence-electron chi connectivity index (χ0n) is 22.7. The normalized spacial score (nSPS) is 12.3. The second kappa shape index (κ2) is 26.3. The average molecular weight is 481 g/mol. The van der Waals surface area contributed by atoms with E-state index in [2.05, 4.69) is 26.0 Å². The topological polar surface area (TPSA) is 63.6 Å². The molecule has 34 heavy (non-hydrogen) atoms. The highest BCUT2D eigenvalue weighted by atomic mass is 16.5. The number of carbonyl (C=O) groups is 2. The van der Waals surface area contributed by atoms with Gasteiger partial charge in [-0.2, -0.15) is 0 Å². The molecule has 0 rings (SSSR count). The van der Waals surface area contributed by atoms with Gasteiger partial charge in [0.2, 0.25) is 0 Å². The summed E-state index contributed by atoms with van der Waals surface area (Å²) in [4.78, 5) is 23.1. The molecule has 0 amide bonds. The molecule has 0 aliphatic rings. The zero-order chi connectivity index (χ0) is 25.1. The summed E-state index contributed by atoms with van der Waals surface area (Å²) in [6.07, 6.45) is 29.2. The Morgan fingerprint density at radius 1 is 0.618 bits per heavy atom. The summed E-state index contributed by atoms with van der Waals surface area (Å²) in [5.74, 6) is -0.814. The number of carboxylic acid groups (broad SMARTS) is 1. The van der Waals surface area contributed by atoms with Crippen LogP contribution in [0, 0.1) is 0 Å². The predicted octanol–water partition coefficient (Wildman–Crippen LogP) is 9.55. The Hall–Kier alpha value is -1.32. The number of esters is 1. The first-order valence-corrected chi connectivity index (χ1v) is 14.7. The number of carbonyl (C=O) groups excluding carboxylic acids is 1. The highest BCUT2D eigenvalue weighted by Gasteiger charge is 2.14. The van der Waals surface area contributed by atoms with Crippen molar-refractivity contribution in [2.45, 2.75) is 168 Å². The van der Waals surface area contributed by atoms with Crippen molar-refractivity contribution in [2.24, 2.45) is 0 Å². The highest BCUT2D eigenvalue weighted by Crippen LogP contribution is 2.18. The van der Waals surface area contributed by atoms with Gasteiger partial charge in [-0.15, -0.1) is 0 Å². The van der Waals surface area contributed by atoms with E-state index < -0.39 is 5.97 Å². The maximum Gasteiger partial charge on any atom is 0.306 e. The fourth-order valence-corrected chi connectivity index (χ4v) is 4.28. The van der Waals surface area contributed by atoms with Crippen LogP contribution in [0.1, 0.15) is 162 Å². The van der Waals surface area contributed by atoms with Crippen molar-refractivity contribution >= 4 is 11.9 Å². The van der Waals surface area contributed by atoms with Crippen LogP contribution < -0.4 is 0 Å². The van der Waals surface area contributed by atoms with Crippen LogP contribution in [0.25, 0.3) is 0 Å². The van der Waals surface area contributed by atoms with E-state index in [9.17, 15) is 9.59 Å². The van der Waals surface area contributed by atoms with Crippen LogP contribution in [-0.2, 0) is 14.3 Å². The molecular weight excluding hydrogens is 424 g/mol. The molecule has 0 radical (unpaired) electrons. The van der Waals surface area contributed by atoms with Gasteiger partial charge in [-0.25, -0.2) is 0 Å². The summed E-state index contributed by atoms with van der Waals surface area (Å²) in [6.45, 7) is 4.47. The number of rotatable bonds is 26. The summed E-state index contributed by atoms with van der Waals surface area (Å²) >= 11 is 0. The summed E-state index contributed by atoms with van der Waals surface area (Å²) in [6, 6.07) is 0. The number of carboxylic acids is 1. The van der Waals surface area contributed by atoms with Crippen molar-refractivity contribution in [3.63, 3.8) is 0 Å². The van der Waals surface area contributed by atoms with E-state index in [0.717, 1.165) is 38.5 Å². The third kappa shape index (κ3) is 25.3. The molecule has 0 aromatic carbocycles. The lowest BCUT2D eigenvalue weighted by atomic mass is 10.0. The van der Waals surface area contributed by atoms with Gasteiger partial charge in [0.05, 0.1) is 0 Å². The largest absolute Gasteiger partial charge is 0.481 e. The van der Waals surface area contributed by atoms with E-state index in [1.165, 1.54) is 89.9 Å². The molecule has 0 aliphatic heterocycles. The molecule has 0 saturated carbocycles. The van der Waals surface area contributed by atoms with Gasteiger partial charge in [-0.05, 0) is 57.8 Å². The number of unbranched alkanes of at least 4 members (excludes halogenated alkanes) is 15. The minimum atomic E-state index is -0.746. The third-order valence-corrected chi connectivity index (χ3v) is 6.49. The number of allylic oxidation sites excluding steroid dienone is 2. The van der Waals surface area contributed by atoms with E-state index in [-0.39, 0.29) is 18.5 Å². The molecule has 0 aliphatic carbocycles. The molecule has 1 atom stereocenters. The maximum atomic E-state index is 12.4. The Balaban J connectivity index is 3.97. The monoisotopic (exact) mass is 480 g/mol. The molecular formula is C30H56O4. The van der Waals surface area contributed by atoms with Gasteiger partial charge in [-0.3, -0.25) is 9.59 Å². The van der Waals surface area contributed by atoms with Gasteiger partial charge in [0.15, 0.2) is 0 Å². The van der Waals surface area contributed by atoms with Crippen LogP contribution in [-0.4, -0.2) is 23.1 Å². The number of ether oxygens (including phenoxy) is 1. The lowest BCUT2D eigenvalue weighted by molar-refractivity contribution is -0.150.